The number of benzene rings is 1. The molecule has 2 heterocycles. The van der Waals surface area contributed by atoms with Crippen LogP contribution in [0.1, 0.15) is 0 Å². The first-order chi connectivity index (χ1) is 8.93. The predicted molar refractivity (Wildman–Crippen MR) is 66.7 cm³/mol. The van der Waals surface area contributed by atoms with Crippen molar-refractivity contribution in [3.63, 3.8) is 0 Å². The minimum Gasteiger partial charge on any atom is -0.455 e. The summed E-state index contributed by atoms with van der Waals surface area (Å²) in [5, 5.41) is 4.09. The highest BCUT2D eigenvalue weighted by molar-refractivity contribution is 5.47. The molecule has 0 unspecified atom stereocenters. The minimum atomic E-state index is 0.737. The van der Waals surface area contributed by atoms with Crippen LogP contribution < -0.4 is 4.74 Å². The van der Waals surface area contributed by atoms with E-state index >= 15 is 0 Å². The standard InChI is InChI=1S/C14H10N3O/c1-2-5-14(18-12-6-9-15-10-7-12)13(4-1)17-11-3-8-16-17/h1-7,9-11H. The maximum atomic E-state index is 5.82. The Labute approximate surface area is 104 Å². The summed E-state index contributed by atoms with van der Waals surface area (Å²) in [5.41, 5.74) is 0.871. The van der Waals surface area contributed by atoms with Gasteiger partial charge in [0.05, 0.1) is 0 Å². The molecule has 0 spiro atoms. The second-order valence-corrected chi connectivity index (χ2v) is 3.64. The van der Waals surface area contributed by atoms with Crippen LogP contribution in [0.15, 0.2) is 61.1 Å². The fraction of sp³-hybridized carbons (Fsp3) is 0. The van der Waals surface area contributed by atoms with Crippen molar-refractivity contribution in [3.05, 3.63) is 67.3 Å². The molecule has 1 aromatic carbocycles. The highest BCUT2D eigenvalue weighted by Gasteiger charge is 2.06. The average molecular weight is 236 g/mol. The molecule has 0 amide bonds. The van der Waals surface area contributed by atoms with Crippen LogP contribution in [-0.2, 0) is 0 Å². The van der Waals surface area contributed by atoms with E-state index in [9.17, 15) is 0 Å². The van der Waals surface area contributed by atoms with E-state index in [1.807, 2.05) is 42.6 Å². The van der Waals surface area contributed by atoms with Crippen LogP contribution in [0.2, 0.25) is 0 Å². The Morgan fingerprint density at radius 3 is 2.67 bits per heavy atom. The van der Waals surface area contributed by atoms with Crippen LogP contribution in [0.3, 0.4) is 0 Å². The summed E-state index contributed by atoms with van der Waals surface area (Å²) in [6.45, 7) is 0. The van der Waals surface area contributed by atoms with Gasteiger partial charge in [0.25, 0.3) is 0 Å². The number of ether oxygens (including phenoxy) is 1. The molecular weight excluding hydrogens is 226 g/mol. The van der Waals surface area contributed by atoms with Crippen molar-refractivity contribution in [2.75, 3.05) is 0 Å². The number of para-hydroxylation sites is 2. The van der Waals surface area contributed by atoms with Gasteiger partial charge in [0.1, 0.15) is 17.6 Å². The molecule has 0 fully saturated rings. The molecule has 0 saturated carbocycles. The Balaban J connectivity index is 1.98. The molecule has 0 aliphatic carbocycles. The van der Waals surface area contributed by atoms with Gasteiger partial charge in [0.15, 0.2) is 5.75 Å². The fourth-order valence-corrected chi connectivity index (χ4v) is 1.63. The monoisotopic (exact) mass is 236 g/mol. The van der Waals surface area contributed by atoms with Gasteiger partial charge in [-0.1, -0.05) is 12.1 Å². The van der Waals surface area contributed by atoms with E-state index in [1.165, 1.54) is 0 Å². The van der Waals surface area contributed by atoms with Crippen molar-refractivity contribution in [1.82, 2.24) is 14.8 Å². The molecule has 3 aromatic rings. The normalized spacial score (nSPS) is 10.2. The van der Waals surface area contributed by atoms with Gasteiger partial charge in [-0.15, -0.1) is 0 Å². The third-order valence-corrected chi connectivity index (χ3v) is 2.45. The van der Waals surface area contributed by atoms with Crippen LogP contribution >= 0.6 is 0 Å². The summed E-state index contributed by atoms with van der Waals surface area (Å²) in [5.74, 6) is 1.48. The van der Waals surface area contributed by atoms with Crippen molar-refractivity contribution in [2.24, 2.45) is 0 Å². The number of pyridine rings is 1. The molecule has 3 rings (SSSR count). The Morgan fingerprint density at radius 1 is 1.06 bits per heavy atom. The molecular formula is C14H10N3O. The number of nitrogens with zero attached hydrogens (tertiary/aromatic N) is 3. The maximum Gasteiger partial charge on any atom is 0.153 e. The zero-order valence-electron chi connectivity index (χ0n) is 9.52. The van der Waals surface area contributed by atoms with Crippen LogP contribution in [0.4, 0.5) is 0 Å². The van der Waals surface area contributed by atoms with Crippen molar-refractivity contribution in [1.29, 1.82) is 0 Å². The smallest absolute Gasteiger partial charge is 0.153 e. The van der Waals surface area contributed by atoms with Crippen molar-refractivity contribution < 1.29 is 4.74 Å². The molecule has 0 aliphatic rings. The summed E-state index contributed by atoms with van der Waals surface area (Å²) in [4.78, 5) is 3.96. The van der Waals surface area contributed by atoms with Gasteiger partial charge in [-0.2, -0.15) is 5.10 Å². The molecule has 4 nitrogen and oxygen atoms in total. The van der Waals surface area contributed by atoms with E-state index in [2.05, 4.69) is 16.3 Å². The Morgan fingerprint density at radius 2 is 1.89 bits per heavy atom. The molecule has 0 aliphatic heterocycles. The largest absolute Gasteiger partial charge is 0.455 e. The molecule has 0 N–H and O–H groups in total. The highest BCUT2D eigenvalue weighted by Crippen LogP contribution is 2.26. The lowest BCUT2D eigenvalue weighted by atomic mass is 10.3. The second-order valence-electron chi connectivity index (χ2n) is 3.64. The van der Waals surface area contributed by atoms with Gasteiger partial charge in [-0.25, -0.2) is 4.68 Å². The molecule has 1 radical (unpaired) electrons. The minimum absolute atomic E-state index is 0.737. The van der Waals surface area contributed by atoms with E-state index in [0.717, 1.165) is 17.2 Å². The maximum absolute atomic E-state index is 5.82. The molecule has 0 bridgehead atoms. The molecule has 4 heteroatoms. The van der Waals surface area contributed by atoms with Crippen molar-refractivity contribution >= 4 is 0 Å². The molecule has 18 heavy (non-hydrogen) atoms. The predicted octanol–water partition coefficient (Wildman–Crippen LogP) is 2.86. The summed E-state index contributed by atoms with van der Waals surface area (Å²) < 4.78 is 7.54. The van der Waals surface area contributed by atoms with Crippen LogP contribution in [-0.4, -0.2) is 14.8 Å². The van der Waals surface area contributed by atoms with E-state index in [1.54, 1.807) is 23.1 Å². The highest BCUT2D eigenvalue weighted by atomic mass is 16.5. The third-order valence-electron chi connectivity index (χ3n) is 2.45. The third kappa shape index (κ3) is 2.08. The van der Waals surface area contributed by atoms with Crippen molar-refractivity contribution in [2.45, 2.75) is 0 Å². The van der Waals surface area contributed by atoms with Crippen molar-refractivity contribution in [3.8, 4) is 17.2 Å². The quantitative estimate of drug-likeness (QED) is 0.702. The van der Waals surface area contributed by atoms with Gasteiger partial charge >= 0.3 is 0 Å². The number of aromatic nitrogens is 3. The summed E-state index contributed by atoms with van der Waals surface area (Å²) in [7, 11) is 0. The van der Waals surface area contributed by atoms with Gasteiger partial charge in [-0.3, -0.25) is 4.98 Å². The summed E-state index contributed by atoms with van der Waals surface area (Å²) in [6.07, 6.45) is 7.98. The van der Waals surface area contributed by atoms with E-state index in [4.69, 9.17) is 4.74 Å². The Bertz CT molecular complexity index is 621. The summed E-state index contributed by atoms with van der Waals surface area (Å²) in [6, 6.07) is 13.1. The SMILES string of the molecule is [c]1ccn(-c2ccccc2Oc2ccncc2)n1. The van der Waals surface area contributed by atoms with Gasteiger partial charge in [-0.05, 0) is 30.3 Å². The first-order valence-corrected chi connectivity index (χ1v) is 5.52. The van der Waals surface area contributed by atoms with Gasteiger partial charge in [0.2, 0.25) is 0 Å². The zero-order valence-corrected chi connectivity index (χ0v) is 9.52. The fourth-order valence-electron chi connectivity index (χ4n) is 1.63. The summed E-state index contributed by atoms with van der Waals surface area (Å²) >= 11 is 0. The van der Waals surface area contributed by atoms with Crippen LogP contribution in [0.5, 0.6) is 11.5 Å². The van der Waals surface area contributed by atoms with E-state index in [-0.39, 0.29) is 0 Å². The number of rotatable bonds is 3. The first-order valence-electron chi connectivity index (χ1n) is 5.52. The van der Waals surface area contributed by atoms with E-state index < -0.39 is 0 Å². The lowest BCUT2D eigenvalue weighted by Crippen LogP contribution is -1.97. The topological polar surface area (TPSA) is 39.9 Å². The second kappa shape index (κ2) is 4.71. The van der Waals surface area contributed by atoms with Gasteiger partial charge < -0.3 is 4.74 Å². The lowest BCUT2D eigenvalue weighted by Gasteiger charge is -2.10. The molecule has 0 saturated heterocycles. The molecule has 2 aromatic heterocycles. The number of hydrogen-bond donors (Lipinski definition) is 0. The lowest BCUT2D eigenvalue weighted by molar-refractivity contribution is 0.477. The van der Waals surface area contributed by atoms with Gasteiger partial charge in [0, 0.05) is 18.6 Å². The zero-order chi connectivity index (χ0) is 12.2. The Hall–Kier alpha value is -2.62. The number of hydrogen-bond acceptors (Lipinski definition) is 3. The molecule has 0 atom stereocenters. The van der Waals surface area contributed by atoms with Crippen LogP contribution in [0.25, 0.3) is 5.69 Å². The van der Waals surface area contributed by atoms with Crippen LogP contribution in [0, 0.1) is 6.20 Å². The Kier molecular flexibility index (Phi) is 2.75. The molecule has 87 valence electrons. The first kappa shape index (κ1) is 10.5. The average Bonchev–Trinajstić information content (AvgIpc) is 2.94. The van der Waals surface area contributed by atoms with E-state index in [0.29, 0.717) is 0 Å².